The van der Waals surface area contributed by atoms with Crippen LogP contribution in [0.25, 0.3) is 11.5 Å². The molecule has 0 saturated heterocycles. The summed E-state index contributed by atoms with van der Waals surface area (Å²) in [5.41, 5.74) is 0.664. The van der Waals surface area contributed by atoms with Gasteiger partial charge in [-0.05, 0) is 37.1 Å². The Balaban J connectivity index is 1.62. The van der Waals surface area contributed by atoms with Crippen LogP contribution in [0.15, 0.2) is 28.8 Å². The fourth-order valence-electron chi connectivity index (χ4n) is 3.00. The lowest BCUT2D eigenvalue weighted by atomic mass is 9.97. The molecule has 6 heteroatoms. The number of aliphatic hydroxyl groups is 1. The number of rotatable bonds is 5. The molecule has 1 aliphatic rings. The van der Waals surface area contributed by atoms with Gasteiger partial charge in [0.2, 0.25) is 5.91 Å². The molecule has 1 amide bonds. The largest absolute Gasteiger partial charge is 0.389 e. The average molecular weight is 329 g/mol. The molecule has 128 valence electrons. The Morgan fingerprint density at radius 1 is 1.29 bits per heavy atom. The number of hydrogen-bond acceptors (Lipinski definition) is 5. The Labute approximate surface area is 141 Å². The van der Waals surface area contributed by atoms with Crippen molar-refractivity contribution in [1.29, 1.82) is 0 Å². The van der Waals surface area contributed by atoms with Crippen LogP contribution in [0, 0.1) is 0 Å². The standard InChI is InChI=1S/C18H23N3O3/c1-12(2)16-20-17(24-21-16)13-5-7-14(8-6-13)19-15(22)11-18(23)9-3-4-10-18/h5-8,12,23H,3-4,9-11H2,1-2H3,(H,19,22). The first-order valence-corrected chi connectivity index (χ1v) is 8.41. The van der Waals surface area contributed by atoms with E-state index in [1.165, 1.54) is 0 Å². The van der Waals surface area contributed by atoms with Crippen LogP contribution in [-0.2, 0) is 4.79 Å². The quantitative estimate of drug-likeness (QED) is 0.876. The van der Waals surface area contributed by atoms with Gasteiger partial charge in [-0.3, -0.25) is 4.79 Å². The van der Waals surface area contributed by atoms with E-state index in [0.717, 1.165) is 18.4 Å². The first kappa shape index (κ1) is 16.6. The Morgan fingerprint density at radius 2 is 1.96 bits per heavy atom. The molecule has 24 heavy (non-hydrogen) atoms. The number of carbonyl (C=O) groups is 1. The normalized spacial score (nSPS) is 16.5. The van der Waals surface area contributed by atoms with Crippen LogP contribution in [0.5, 0.6) is 0 Å². The smallest absolute Gasteiger partial charge is 0.257 e. The highest BCUT2D eigenvalue weighted by Gasteiger charge is 2.33. The summed E-state index contributed by atoms with van der Waals surface area (Å²) < 4.78 is 5.25. The van der Waals surface area contributed by atoms with Gasteiger partial charge in [-0.1, -0.05) is 31.8 Å². The van der Waals surface area contributed by atoms with Gasteiger partial charge in [0, 0.05) is 17.2 Å². The summed E-state index contributed by atoms with van der Waals surface area (Å²) >= 11 is 0. The molecule has 0 atom stereocenters. The van der Waals surface area contributed by atoms with E-state index in [9.17, 15) is 9.90 Å². The molecule has 1 aliphatic carbocycles. The molecule has 2 N–H and O–H groups in total. The van der Waals surface area contributed by atoms with Gasteiger partial charge in [-0.25, -0.2) is 0 Å². The Hall–Kier alpha value is -2.21. The van der Waals surface area contributed by atoms with E-state index in [2.05, 4.69) is 15.5 Å². The molecular weight excluding hydrogens is 306 g/mol. The molecular formula is C18H23N3O3. The fourth-order valence-corrected chi connectivity index (χ4v) is 3.00. The maximum atomic E-state index is 12.1. The zero-order valence-electron chi connectivity index (χ0n) is 14.1. The number of aromatic nitrogens is 2. The number of amides is 1. The first-order chi connectivity index (χ1) is 11.5. The highest BCUT2D eigenvalue weighted by molar-refractivity contribution is 5.91. The average Bonchev–Trinajstić information content (AvgIpc) is 3.17. The minimum Gasteiger partial charge on any atom is -0.389 e. The molecule has 0 bridgehead atoms. The Kier molecular flexibility index (Phi) is 4.66. The van der Waals surface area contributed by atoms with E-state index in [1.807, 2.05) is 26.0 Å². The van der Waals surface area contributed by atoms with Gasteiger partial charge in [-0.15, -0.1) is 0 Å². The minimum absolute atomic E-state index is 0.149. The van der Waals surface area contributed by atoms with E-state index < -0.39 is 5.60 Å². The Bertz CT molecular complexity index is 701. The Morgan fingerprint density at radius 3 is 2.54 bits per heavy atom. The summed E-state index contributed by atoms with van der Waals surface area (Å²) in [6.07, 6.45) is 3.53. The van der Waals surface area contributed by atoms with Crippen molar-refractivity contribution < 1.29 is 14.4 Å². The summed E-state index contributed by atoms with van der Waals surface area (Å²) in [5, 5.41) is 17.1. The van der Waals surface area contributed by atoms with Crippen molar-refractivity contribution >= 4 is 11.6 Å². The van der Waals surface area contributed by atoms with E-state index in [-0.39, 0.29) is 18.2 Å². The number of hydrogen-bond donors (Lipinski definition) is 2. The maximum Gasteiger partial charge on any atom is 0.257 e. The van der Waals surface area contributed by atoms with Crippen LogP contribution in [0.3, 0.4) is 0 Å². The van der Waals surface area contributed by atoms with E-state index in [4.69, 9.17) is 4.52 Å². The van der Waals surface area contributed by atoms with Crippen LogP contribution in [0.4, 0.5) is 5.69 Å². The van der Waals surface area contributed by atoms with Gasteiger partial charge in [0.05, 0.1) is 12.0 Å². The number of benzene rings is 1. The van der Waals surface area contributed by atoms with Crippen molar-refractivity contribution in [3.05, 3.63) is 30.1 Å². The van der Waals surface area contributed by atoms with E-state index in [1.54, 1.807) is 12.1 Å². The number of carbonyl (C=O) groups excluding carboxylic acids is 1. The van der Waals surface area contributed by atoms with Gasteiger partial charge in [0.1, 0.15) is 0 Å². The second-order valence-electron chi connectivity index (χ2n) is 6.85. The van der Waals surface area contributed by atoms with Crippen molar-refractivity contribution in [1.82, 2.24) is 10.1 Å². The van der Waals surface area contributed by atoms with Gasteiger partial charge < -0.3 is 14.9 Å². The van der Waals surface area contributed by atoms with E-state index >= 15 is 0 Å². The minimum atomic E-state index is -0.832. The van der Waals surface area contributed by atoms with Crippen molar-refractivity contribution in [2.24, 2.45) is 0 Å². The summed E-state index contributed by atoms with van der Waals surface area (Å²) in [4.78, 5) is 16.4. The molecule has 1 fully saturated rings. The molecule has 0 spiro atoms. The predicted octanol–water partition coefficient (Wildman–Crippen LogP) is 3.49. The molecule has 0 radical (unpaired) electrons. The lowest BCUT2D eigenvalue weighted by Crippen LogP contribution is -2.30. The molecule has 0 aliphatic heterocycles. The van der Waals surface area contributed by atoms with Crippen molar-refractivity contribution in [2.75, 3.05) is 5.32 Å². The summed E-state index contributed by atoms with van der Waals surface area (Å²) in [6, 6.07) is 7.26. The highest BCUT2D eigenvalue weighted by Crippen LogP contribution is 2.32. The van der Waals surface area contributed by atoms with Gasteiger partial charge in [0.15, 0.2) is 5.82 Å². The molecule has 1 heterocycles. The van der Waals surface area contributed by atoms with Gasteiger partial charge >= 0.3 is 0 Å². The zero-order chi connectivity index (χ0) is 17.2. The molecule has 1 aromatic carbocycles. The van der Waals surface area contributed by atoms with Gasteiger partial charge in [0.25, 0.3) is 5.89 Å². The monoisotopic (exact) mass is 329 g/mol. The number of nitrogens with zero attached hydrogens (tertiary/aromatic N) is 2. The van der Waals surface area contributed by atoms with Crippen molar-refractivity contribution in [3.8, 4) is 11.5 Å². The molecule has 0 unspecified atom stereocenters. The summed E-state index contributed by atoms with van der Waals surface area (Å²) in [5.74, 6) is 1.19. The SMILES string of the molecule is CC(C)c1noc(-c2ccc(NC(=O)CC3(O)CCCC3)cc2)n1. The topological polar surface area (TPSA) is 88.2 Å². The molecule has 3 rings (SSSR count). The number of nitrogens with one attached hydrogen (secondary N) is 1. The van der Waals surface area contributed by atoms with Crippen molar-refractivity contribution in [3.63, 3.8) is 0 Å². The third-order valence-electron chi connectivity index (χ3n) is 4.40. The third-order valence-corrected chi connectivity index (χ3v) is 4.40. The second-order valence-corrected chi connectivity index (χ2v) is 6.85. The van der Waals surface area contributed by atoms with E-state index in [0.29, 0.717) is 30.2 Å². The zero-order valence-corrected chi connectivity index (χ0v) is 14.1. The van der Waals surface area contributed by atoms with Crippen LogP contribution in [0.2, 0.25) is 0 Å². The lowest BCUT2D eigenvalue weighted by Gasteiger charge is -2.21. The van der Waals surface area contributed by atoms with Gasteiger partial charge in [-0.2, -0.15) is 4.98 Å². The first-order valence-electron chi connectivity index (χ1n) is 8.41. The highest BCUT2D eigenvalue weighted by atomic mass is 16.5. The summed E-state index contributed by atoms with van der Waals surface area (Å²) in [6.45, 7) is 4.01. The molecule has 2 aromatic rings. The number of anilines is 1. The molecule has 1 saturated carbocycles. The lowest BCUT2D eigenvalue weighted by molar-refractivity contribution is -0.120. The summed E-state index contributed by atoms with van der Waals surface area (Å²) in [7, 11) is 0. The maximum absolute atomic E-state index is 12.1. The fraction of sp³-hybridized carbons (Fsp3) is 0.500. The van der Waals surface area contributed by atoms with Crippen LogP contribution >= 0.6 is 0 Å². The predicted molar refractivity (Wildman–Crippen MR) is 90.5 cm³/mol. The second kappa shape index (κ2) is 6.73. The van der Waals surface area contributed by atoms with Crippen molar-refractivity contribution in [2.45, 2.75) is 57.5 Å². The third kappa shape index (κ3) is 3.82. The van der Waals surface area contributed by atoms with Crippen LogP contribution < -0.4 is 5.32 Å². The molecule has 6 nitrogen and oxygen atoms in total. The molecule has 1 aromatic heterocycles. The van der Waals surface area contributed by atoms with Crippen LogP contribution in [-0.4, -0.2) is 26.8 Å². The van der Waals surface area contributed by atoms with Crippen LogP contribution in [0.1, 0.15) is 57.7 Å².